The van der Waals surface area contributed by atoms with E-state index in [1.807, 2.05) is 29.8 Å². The summed E-state index contributed by atoms with van der Waals surface area (Å²) in [5.74, 6) is 2.19. The SMILES string of the molecule is Cl.Cl.Cn1c(SCCCN2C[C@H]3CCN(c4ccc(F)cc4)[C@H]3C2)nnc1-c1cc[nH]c(=O)c1. The smallest absolute Gasteiger partial charge is 0.248 e. The topological polar surface area (TPSA) is 70.0 Å². The van der Waals surface area contributed by atoms with Gasteiger partial charge in [-0.2, -0.15) is 0 Å². The van der Waals surface area contributed by atoms with Gasteiger partial charge < -0.3 is 19.4 Å². The highest BCUT2D eigenvalue weighted by molar-refractivity contribution is 7.99. The number of halogens is 3. The van der Waals surface area contributed by atoms with Gasteiger partial charge in [0, 0.05) is 62.0 Å². The standard InChI is InChI=1S/C23H27FN6OS.2ClH/c1-28-22(16-7-9-25-21(31)13-16)26-27-23(28)32-12-2-10-29-14-17-8-11-30(20(17)15-29)19-5-3-18(24)4-6-19;;/h3-7,9,13,17,20H,2,8,10-12,14-15H2,1H3,(H,25,31);2*1H/t17-,20+;;/m1../s1. The predicted molar refractivity (Wildman–Crippen MR) is 139 cm³/mol. The van der Waals surface area contributed by atoms with Crippen molar-refractivity contribution in [2.75, 3.05) is 36.8 Å². The summed E-state index contributed by atoms with van der Waals surface area (Å²) >= 11 is 1.70. The molecular weight excluding hydrogens is 498 g/mol. The quantitative estimate of drug-likeness (QED) is 0.372. The molecule has 2 atom stereocenters. The third kappa shape index (κ3) is 5.59. The second-order valence-electron chi connectivity index (χ2n) is 8.55. The van der Waals surface area contributed by atoms with Gasteiger partial charge in [0.2, 0.25) is 5.56 Å². The molecule has 34 heavy (non-hydrogen) atoms. The highest BCUT2D eigenvalue weighted by Crippen LogP contribution is 2.35. The fourth-order valence-electron chi connectivity index (χ4n) is 4.91. The second kappa shape index (κ2) is 11.6. The van der Waals surface area contributed by atoms with E-state index in [-0.39, 0.29) is 36.2 Å². The van der Waals surface area contributed by atoms with Crippen LogP contribution in [0.4, 0.5) is 10.1 Å². The van der Waals surface area contributed by atoms with Gasteiger partial charge in [0.05, 0.1) is 0 Å². The van der Waals surface area contributed by atoms with Gasteiger partial charge in [0.25, 0.3) is 0 Å². The Labute approximate surface area is 215 Å². The summed E-state index contributed by atoms with van der Waals surface area (Å²) in [6, 6.07) is 10.8. The van der Waals surface area contributed by atoms with E-state index in [1.54, 1.807) is 30.1 Å². The van der Waals surface area contributed by atoms with E-state index in [1.165, 1.54) is 12.5 Å². The van der Waals surface area contributed by atoms with Gasteiger partial charge in [-0.25, -0.2) is 4.39 Å². The van der Waals surface area contributed by atoms with Gasteiger partial charge in [0.1, 0.15) is 5.82 Å². The van der Waals surface area contributed by atoms with Gasteiger partial charge in [-0.1, -0.05) is 11.8 Å². The molecule has 2 saturated heterocycles. The number of fused-ring (bicyclic) bond motifs is 1. The first-order chi connectivity index (χ1) is 15.6. The third-order valence-electron chi connectivity index (χ3n) is 6.50. The van der Waals surface area contributed by atoms with Crippen LogP contribution in [-0.2, 0) is 7.05 Å². The number of hydrogen-bond donors (Lipinski definition) is 1. The van der Waals surface area contributed by atoms with Crippen LogP contribution < -0.4 is 10.5 Å². The van der Waals surface area contributed by atoms with Gasteiger partial charge in [0.15, 0.2) is 11.0 Å². The van der Waals surface area contributed by atoms with Crippen molar-refractivity contribution in [3.05, 3.63) is 58.8 Å². The summed E-state index contributed by atoms with van der Waals surface area (Å²) in [5.41, 5.74) is 1.76. The van der Waals surface area contributed by atoms with Crippen LogP contribution in [0.15, 0.2) is 52.5 Å². The van der Waals surface area contributed by atoms with Crippen LogP contribution in [0.1, 0.15) is 12.8 Å². The number of hydrogen-bond acceptors (Lipinski definition) is 6. The van der Waals surface area contributed by atoms with Crippen molar-refractivity contribution in [3.8, 4) is 11.4 Å². The molecule has 2 aromatic heterocycles. The Hall–Kier alpha value is -2.07. The molecule has 2 aliphatic heterocycles. The number of rotatable bonds is 7. The van der Waals surface area contributed by atoms with Crippen molar-refractivity contribution in [1.82, 2.24) is 24.6 Å². The normalized spacial score (nSPS) is 19.5. The van der Waals surface area contributed by atoms with Crippen molar-refractivity contribution in [3.63, 3.8) is 0 Å². The molecule has 4 heterocycles. The fraction of sp³-hybridized carbons (Fsp3) is 0.435. The van der Waals surface area contributed by atoms with Crippen molar-refractivity contribution in [1.29, 1.82) is 0 Å². The number of pyridine rings is 1. The zero-order valence-electron chi connectivity index (χ0n) is 18.9. The third-order valence-corrected chi connectivity index (χ3v) is 7.61. The Bertz CT molecular complexity index is 1140. The summed E-state index contributed by atoms with van der Waals surface area (Å²) in [7, 11) is 1.94. The Morgan fingerprint density at radius 3 is 2.71 bits per heavy atom. The van der Waals surface area contributed by atoms with Crippen LogP contribution in [0.5, 0.6) is 0 Å². The number of H-pyrrole nitrogens is 1. The Kier molecular flexibility index (Phi) is 9.03. The zero-order chi connectivity index (χ0) is 22.1. The molecule has 0 aliphatic carbocycles. The minimum absolute atomic E-state index is 0. The van der Waals surface area contributed by atoms with Crippen molar-refractivity contribution in [2.24, 2.45) is 13.0 Å². The van der Waals surface area contributed by atoms with E-state index in [2.05, 4.69) is 25.0 Å². The van der Waals surface area contributed by atoms with E-state index in [9.17, 15) is 9.18 Å². The number of nitrogens with zero attached hydrogens (tertiary/aromatic N) is 5. The minimum Gasteiger partial charge on any atom is -0.367 e. The monoisotopic (exact) mass is 526 g/mol. The molecule has 184 valence electrons. The summed E-state index contributed by atoms with van der Waals surface area (Å²) in [5, 5.41) is 9.43. The first-order valence-corrected chi connectivity index (χ1v) is 12.0. The van der Waals surface area contributed by atoms with E-state index in [0.717, 1.165) is 54.8 Å². The van der Waals surface area contributed by atoms with Crippen LogP contribution in [0, 0.1) is 11.7 Å². The molecule has 0 bridgehead atoms. The number of nitrogens with one attached hydrogen (secondary N) is 1. The number of benzene rings is 1. The zero-order valence-corrected chi connectivity index (χ0v) is 21.3. The maximum atomic E-state index is 13.3. The lowest BCUT2D eigenvalue weighted by atomic mass is 10.1. The van der Waals surface area contributed by atoms with Crippen molar-refractivity contribution in [2.45, 2.75) is 24.0 Å². The molecule has 0 amide bonds. The fourth-order valence-corrected chi connectivity index (χ4v) is 5.75. The van der Waals surface area contributed by atoms with Crippen LogP contribution in [-0.4, -0.2) is 62.6 Å². The van der Waals surface area contributed by atoms with Crippen LogP contribution >= 0.6 is 36.6 Å². The molecule has 2 aliphatic rings. The minimum atomic E-state index is -0.178. The van der Waals surface area contributed by atoms with E-state index in [0.29, 0.717) is 17.8 Å². The summed E-state index contributed by atoms with van der Waals surface area (Å²) < 4.78 is 15.2. The van der Waals surface area contributed by atoms with E-state index in [4.69, 9.17) is 0 Å². The molecule has 11 heteroatoms. The number of thioether (sulfide) groups is 1. The lowest BCUT2D eigenvalue weighted by Gasteiger charge is -2.27. The van der Waals surface area contributed by atoms with Gasteiger partial charge in [-0.05, 0) is 55.6 Å². The number of anilines is 1. The lowest BCUT2D eigenvalue weighted by molar-refractivity contribution is 0.319. The van der Waals surface area contributed by atoms with Crippen LogP contribution in [0.25, 0.3) is 11.4 Å². The number of aromatic nitrogens is 4. The second-order valence-corrected chi connectivity index (χ2v) is 9.62. The molecular formula is C23H29Cl2FN6OS. The molecule has 0 spiro atoms. The van der Waals surface area contributed by atoms with Crippen molar-refractivity contribution < 1.29 is 4.39 Å². The number of aromatic amines is 1. The maximum absolute atomic E-state index is 13.3. The van der Waals surface area contributed by atoms with Gasteiger partial charge in [-0.3, -0.25) is 4.79 Å². The van der Waals surface area contributed by atoms with Gasteiger partial charge >= 0.3 is 0 Å². The van der Waals surface area contributed by atoms with Crippen molar-refractivity contribution >= 4 is 42.3 Å². The highest BCUT2D eigenvalue weighted by Gasteiger charge is 2.40. The number of likely N-dealkylation sites (tertiary alicyclic amines) is 1. The molecule has 0 saturated carbocycles. The molecule has 1 N–H and O–H groups in total. The van der Waals surface area contributed by atoms with Crippen LogP contribution in [0.2, 0.25) is 0 Å². The lowest BCUT2D eigenvalue weighted by Crippen LogP contribution is -2.35. The summed E-state index contributed by atoms with van der Waals surface area (Å²) in [6.07, 6.45) is 3.91. The predicted octanol–water partition coefficient (Wildman–Crippen LogP) is 3.85. The molecule has 7 nitrogen and oxygen atoms in total. The molecule has 3 aromatic rings. The average Bonchev–Trinajstić information content (AvgIpc) is 3.46. The molecule has 2 fully saturated rings. The molecule has 1 aromatic carbocycles. The first-order valence-electron chi connectivity index (χ1n) is 11.0. The Morgan fingerprint density at radius 1 is 1.15 bits per heavy atom. The Balaban J connectivity index is 0.00000162. The molecule has 5 rings (SSSR count). The summed E-state index contributed by atoms with van der Waals surface area (Å²) in [6.45, 7) is 4.34. The summed E-state index contributed by atoms with van der Waals surface area (Å²) in [4.78, 5) is 19.2. The largest absolute Gasteiger partial charge is 0.367 e. The van der Waals surface area contributed by atoms with E-state index < -0.39 is 0 Å². The highest BCUT2D eigenvalue weighted by atomic mass is 35.5. The average molecular weight is 527 g/mol. The van der Waals surface area contributed by atoms with Crippen LogP contribution in [0.3, 0.4) is 0 Å². The molecule has 0 radical (unpaired) electrons. The van der Waals surface area contributed by atoms with E-state index >= 15 is 0 Å². The first kappa shape index (κ1) is 26.5. The Morgan fingerprint density at radius 2 is 1.94 bits per heavy atom. The maximum Gasteiger partial charge on any atom is 0.248 e. The molecule has 0 unspecified atom stereocenters. The van der Waals surface area contributed by atoms with Gasteiger partial charge in [-0.15, -0.1) is 35.0 Å².